The summed E-state index contributed by atoms with van der Waals surface area (Å²) >= 11 is 4.18. The molecule has 3 nitrogen and oxygen atoms in total. The van der Waals surface area contributed by atoms with Crippen molar-refractivity contribution in [1.82, 2.24) is 0 Å². The molecule has 0 atom stereocenters. The lowest BCUT2D eigenvalue weighted by atomic mass is 10.1. The first-order chi connectivity index (χ1) is 8.27. The number of carboxylic acids is 1. The molecule has 0 saturated heterocycles. The highest BCUT2D eigenvalue weighted by atomic mass is 32.1. The highest BCUT2D eigenvalue weighted by Crippen LogP contribution is 2.09. The van der Waals surface area contributed by atoms with Crippen LogP contribution in [0, 0.1) is 0 Å². The molecule has 0 saturated carbocycles. The zero-order valence-electron chi connectivity index (χ0n) is 10.7. The number of ether oxygens (including phenoxy) is 1. The average Bonchev–Trinajstić information content (AvgIpc) is 2.30. The Morgan fingerprint density at radius 1 is 0.882 bits per heavy atom. The zero-order chi connectivity index (χ0) is 12.8. The molecule has 0 aromatic heterocycles. The molecule has 0 aromatic rings. The fourth-order valence-corrected chi connectivity index (χ4v) is 1.94. The van der Waals surface area contributed by atoms with Crippen LogP contribution in [0.3, 0.4) is 0 Å². The van der Waals surface area contributed by atoms with Gasteiger partial charge in [0, 0.05) is 6.61 Å². The van der Waals surface area contributed by atoms with Crippen molar-refractivity contribution in [2.24, 2.45) is 0 Å². The number of rotatable bonds is 13. The third kappa shape index (κ3) is 15.8. The number of aliphatic carboxylic acids is 1. The van der Waals surface area contributed by atoms with Crippen molar-refractivity contribution in [3.8, 4) is 0 Å². The van der Waals surface area contributed by atoms with Crippen LogP contribution in [-0.2, 0) is 9.53 Å². The van der Waals surface area contributed by atoms with Gasteiger partial charge in [-0.2, -0.15) is 12.6 Å². The number of hydrogen-bond donors (Lipinski definition) is 2. The Bertz CT molecular complexity index is 174. The van der Waals surface area contributed by atoms with Gasteiger partial charge in [0.25, 0.3) is 0 Å². The molecule has 0 heterocycles. The van der Waals surface area contributed by atoms with Crippen molar-refractivity contribution >= 4 is 18.6 Å². The van der Waals surface area contributed by atoms with E-state index in [0.717, 1.165) is 18.6 Å². The van der Waals surface area contributed by atoms with Crippen LogP contribution in [0.15, 0.2) is 0 Å². The van der Waals surface area contributed by atoms with Crippen LogP contribution in [0.2, 0.25) is 0 Å². The SMILES string of the molecule is O=C(O)COCCCCCCCCCCCS. The molecule has 1 N–H and O–H groups in total. The van der Waals surface area contributed by atoms with Crippen molar-refractivity contribution in [2.75, 3.05) is 19.0 Å². The Labute approximate surface area is 110 Å². The number of carbonyl (C=O) groups is 1. The Morgan fingerprint density at radius 2 is 1.35 bits per heavy atom. The van der Waals surface area contributed by atoms with Gasteiger partial charge in [0.2, 0.25) is 0 Å². The number of hydrogen-bond acceptors (Lipinski definition) is 3. The zero-order valence-corrected chi connectivity index (χ0v) is 11.6. The van der Waals surface area contributed by atoms with Gasteiger partial charge in [0.15, 0.2) is 0 Å². The Balaban J connectivity index is 2.91. The standard InChI is InChI=1S/C13H26O3S/c14-13(15)12-16-10-8-6-4-2-1-3-5-7-9-11-17/h17H,1-12H2,(H,14,15). The summed E-state index contributed by atoms with van der Waals surface area (Å²) in [5.74, 6) is 0.127. The number of unbranched alkanes of at least 4 members (excludes halogenated alkanes) is 8. The molecule has 0 aliphatic rings. The molecule has 0 amide bonds. The lowest BCUT2D eigenvalue weighted by Crippen LogP contribution is -2.07. The van der Waals surface area contributed by atoms with Crippen LogP contribution in [0.1, 0.15) is 57.8 Å². The van der Waals surface area contributed by atoms with Gasteiger partial charge in [-0.1, -0.05) is 44.9 Å². The van der Waals surface area contributed by atoms with E-state index in [4.69, 9.17) is 9.84 Å². The predicted octanol–water partition coefficient (Wildman–Crippen LogP) is 3.53. The number of carboxylic acid groups (broad SMARTS) is 1. The molecule has 0 fully saturated rings. The molecule has 0 aliphatic heterocycles. The molecule has 17 heavy (non-hydrogen) atoms. The molecule has 102 valence electrons. The van der Waals surface area contributed by atoms with Gasteiger partial charge in [-0.3, -0.25) is 0 Å². The van der Waals surface area contributed by atoms with Crippen LogP contribution in [0.25, 0.3) is 0 Å². The van der Waals surface area contributed by atoms with Gasteiger partial charge < -0.3 is 9.84 Å². The second-order valence-corrected chi connectivity index (χ2v) is 4.80. The minimum Gasteiger partial charge on any atom is -0.480 e. The van der Waals surface area contributed by atoms with Crippen LogP contribution in [0.4, 0.5) is 0 Å². The molecule has 0 radical (unpaired) electrons. The van der Waals surface area contributed by atoms with E-state index < -0.39 is 5.97 Å². The predicted molar refractivity (Wildman–Crippen MR) is 73.9 cm³/mol. The summed E-state index contributed by atoms with van der Waals surface area (Å²) < 4.78 is 4.96. The van der Waals surface area contributed by atoms with E-state index in [1.54, 1.807) is 0 Å². The van der Waals surface area contributed by atoms with Crippen LogP contribution < -0.4 is 0 Å². The van der Waals surface area contributed by atoms with E-state index in [9.17, 15) is 4.79 Å². The van der Waals surface area contributed by atoms with E-state index in [1.165, 1.54) is 44.9 Å². The van der Waals surface area contributed by atoms with Crippen molar-refractivity contribution in [2.45, 2.75) is 57.8 Å². The Hall–Kier alpha value is -0.220. The maximum atomic E-state index is 10.2. The fraction of sp³-hybridized carbons (Fsp3) is 0.923. The molecule has 0 aromatic carbocycles. The summed E-state index contributed by atoms with van der Waals surface area (Å²) in [7, 11) is 0. The van der Waals surface area contributed by atoms with Gasteiger partial charge in [0.05, 0.1) is 0 Å². The van der Waals surface area contributed by atoms with E-state index in [0.29, 0.717) is 6.61 Å². The minimum atomic E-state index is -0.883. The molecule has 0 unspecified atom stereocenters. The first-order valence-corrected chi connectivity index (χ1v) is 7.31. The maximum Gasteiger partial charge on any atom is 0.329 e. The van der Waals surface area contributed by atoms with Crippen LogP contribution in [-0.4, -0.2) is 30.0 Å². The first kappa shape index (κ1) is 16.8. The highest BCUT2D eigenvalue weighted by molar-refractivity contribution is 7.80. The third-order valence-corrected chi connectivity index (χ3v) is 2.99. The normalized spacial score (nSPS) is 10.6. The molecule has 4 heteroatoms. The average molecular weight is 262 g/mol. The van der Waals surface area contributed by atoms with Crippen molar-refractivity contribution in [3.63, 3.8) is 0 Å². The molecule has 0 aliphatic carbocycles. The smallest absolute Gasteiger partial charge is 0.329 e. The second-order valence-electron chi connectivity index (χ2n) is 4.35. The van der Waals surface area contributed by atoms with E-state index in [-0.39, 0.29) is 6.61 Å². The van der Waals surface area contributed by atoms with Crippen LogP contribution >= 0.6 is 12.6 Å². The van der Waals surface area contributed by atoms with Gasteiger partial charge in [-0.15, -0.1) is 0 Å². The van der Waals surface area contributed by atoms with Gasteiger partial charge in [-0.25, -0.2) is 4.79 Å². The molecular weight excluding hydrogens is 236 g/mol. The number of thiol groups is 1. The highest BCUT2D eigenvalue weighted by Gasteiger charge is 1.96. The van der Waals surface area contributed by atoms with E-state index in [2.05, 4.69) is 12.6 Å². The monoisotopic (exact) mass is 262 g/mol. The minimum absolute atomic E-state index is 0.162. The largest absolute Gasteiger partial charge is 0.480 e. The quantitative estimate of drug-likeness (QED) is 0.394. The van der Waals surface area contributed by atoms with Gasteiger partial charge in [0.1, 0.15) is 6.61 Å². The second kappa shape index (κ2) is 13.8. The Morgan fingerprint density at radius 3 is 1.82 bits per heavy atom. The maximum absolute atomic E-state index is 10.2. The molecular formula is C13H26O3S. The van der Waals surface area contributed by atoms with E-state index >= 15 is 0 Å². The van der Waals surface area contributed by atoms with Crippen LogP contribution in [0.5, 0.6) is 0 Å². The summed E-state index contributed by atoms with van der Waals surface area (Å²) in [5.41, 5.74) is 0. The summed E-state index contributed by atoms with van der Waals surface area (Å²) in [4.78, 5) is 10.2. The summed E-state index contributed by atoms with van der Waals surface area (Å²) in [6, 6.07) is 0. The van der Waals surface area contributed by atoms with Crippen molar-refractivity contribution < 1.29 is 14.6 Å². The third-order valence-electron chi connectivity index (χ3n) is 2.67. The lowest BCUT2D eigenvalue weighted by molar-refractivity contribution is -0.142. The lowest BCUT2D eigenvalue weighted by Gasteiger charge is -2.02. The molecule has 0 rings (SSSR count). The van der Waals surface area contributed by atoms with Crippen molar-refractivity contribution in [3.05, 3.63) is 0 Å². The topological polar surface area (TPSA) is 46.5 Å². The molecule has 0 bridgehead atoms. The fourth-order valence-electron chi connectivity index (χ4n) is 1.71. The summed E-state index contributed by atoms with van der Waals surface area (Å²) in [5, 5.41) is 8.35. The summed E-state index contributed by atoms with van der Waals surface area (Å²) in [6.07, 6.45) is 11.2. The summed E-state index contributed by atoms with van der Waals surface area (Å²) in [6.45, 7) is 0.416. The first-order valence-electron chi connectivity index (χ1n) is 6.67. The van der Waals surface area contributed by atoms with Gasteiger partial charge in [-0.05, 0) is 18.6 Å². The van der Waals surface area contributed by atoms with Gasteiger partial charge >= 0.3 is 5.97 Å². The van der Waals surface area contributed by atoms with Crippen molar-refractivity contribution in [1.29, 1.82) is 0 Å². The molecule has 0 spiro atoms. The Kier molecular flexibility index (Phi) is 13.7. The van der Waals surface area contributed by atoms with E-state index in [1.807, 2.05) is 0 Å².